The third-order valence-electron chi connectivity index (χ3n) is 6.57. The molecule has 0 aliphatic rings. The molecule has 4 rings (SSSR count). The molecule has 0 heterocycles. The van der Waals surface area contributed by atoms with E-state index in [1.165, 1.54) is 55.6 Å². The predicted octanol–water partition coefficient (Wildman–Crippen LogP) is 13.9. The molecule has 4 aromatic rings. The molecule has 0 fully saturated rings. The topological polar surface area (TPSA) is 0 Å². The van der Waals surface area contributed by atoms with Gasteiger partial charge in [-0.1, -0.05) is 108 Å². The Morgan fingerprint density at radius 3 is 0.750 bits per heavy atom. The molecule has 0 amide bonds. The van der Waals surface area contributed by atoms with Crippen LogP contribution in [0.15, 0.2) is 60.7 Å². The molecule has 0 aliphatic carbocycles. The number of rotatable bonds is 0. The van der Waals surface area contributed by atoms with Crippen molar-refractivity contribution in [3.05, 3.63) is 116 Å². The van der Waals surface area contributed by atoms with Gasteiger partial charge in [0.05, 0.1) is 0 Å². The first kappa shape index (κ1) is 60.8. The molecule has 0 saturated heterocycles. The van der Waals surface area contributed by atoms with Gasteiger partial charge >= 0.3 is 83.7 Å². The summed E-state index contributed by atoms with van der Waals surface area (Å²) in [5.41, 5.74) is 15.0. The van der Waals surface area contributed by atoms with Crippen LogP contribution < -0.4 is 0 Å². The minimum absolute atomic E-state index is 0. The zero-order valence-corrected chi connectivity index (χ0v) is 43.6. The second kappa shape index (κ2) is 30.2. The van der Waals surface area contributed by atoms with Gasteiger partial charge in [0.2, 0.25) is 0 Å². The van der Waals surface area contributed by atoms with E-state index in [0.29, 0.717) is 10.8 Å². The average molecular weight is 929 g/mol. The predicted molar refractivity (Wildman–Crippen MR) is 227 cm³/mol. The normalized spacial score (nSPS) is 9.46. The molecule has 272 valence electrons. The standard InChI is InChI=1S/2C10H15.2C8H11.2C2H6Si.4ClH.2Zr/c2*1-8-5-6-9(7-8)10(2,3)4;2*1-6-4-7(2)8(3)5-6;2*1-3-2;;;;;;/h2*5-7H,1-4H3;2*4-5H,1-3H3;2*1-2H3;4*1H;;/q4*-1;;;;;;;2*+2. The third-order valence-corrected chi connectivity index (χ3v) is 6.57. The van der Waals surface area contributed by atoms with Gasteiger partial charge in [-0.3, -0.25) is 0 Å². The van der Waals surface area contributed by atoms with Crippen molar-refractivity contribution in [3.63, 3.8) is 0 Å². The maximum absolute atomic E-state index is 2.31. The van der Waals surface area contributed by atoms with Crippen LogP contribution in [0.2, 0.25) is 26.2 Å². The van der Waals surface area contributed by atoms with Crippen LogP contribution in [0.1, 0.15) is 97.2 Å². The van der Waals surface area contributed by atoms with Gasteiger partial charge in [-0.25, -0.2) is 24.3 Å². The van der Waals surface area contributed by atoms with Crippen molar-refractivity contribution in [1.29, 1.82) is 0 Å². The van der Waals surface area contributed by atoms with E-state index in [9.17, 15) is 0 Å². The Morgan fingerprint density at radius 1 is 0.458 bits per heavy atom. The van der Waals surface area contributed by atoms with E-state index in [0.717, 1.165) is 0 Å². The monoisotopic (exact) mass is 924 g/mol. The van der Waals surface area contributed by atoms with E-state index < -0.39 is 0 Å². The molecule has 48 heavy (non-hydrogen) atoms. The van der Waals surface area contributed by atoms with E-state index >= 15 is 0 Å². The molecule has 0 N–H and O–H groups in total. The van der Waals surface area contributed by atoms with Crippen LogP contribution in [-0.2, 0) is 57.5 Å². The fraction of sp³-hybridized carbons (Fsp3) is 0.500. The largest absolute Gasteiger partial charge is 0.208 e. The molecule has 0 aromatic heterocycles. The van der Waals surface area contributed by atoms with Crippen molar-refractivity contribution in [2.45, 2.75) is 134 Å². The van der Waals surface area contributed by atoms with Gasteiger partial charge in [-0.2, -0.15) is 92.0 Å². The van der Waals surface area contributed by atoms with Crippen LogP contribution >= 0.6 is 49.6 Å². The van der Waals surface area contributed by atoms with Crippen LogP contribution in [0.25, 0.3) is 0 Å². The molecule has 8 heteroatoms. The average Bonchev–Trinajstić information content (AvgIpc) is 3.58. The number of hydrogen-bond acceptors (Lipinski definition) is 0. The SMILES string of the molecule is C[Si](C)=[Zr+2].C[Si](C)=[Zr+2].Cc1cc(C(C)(C)C)c[cH-]1.Cc1cc(C(C)(C)C)c[cH-]1.Cc1cc(C)c(C)[cH-]1.Cc1cc(C)c(C)[cH-]1.Cl.Cl.Cl.Cl. The van der Waals surface area contributed by atoms with Crippen molar-refractivity contribution in [2.24, 2.45) is 0 Å². The Morgan fingerprint density at radius 2 is 0.688 bits per heavy atom. The summed E-state index contributed by atoms with van der Waals surface area (Å²) in [7, 11) is 0. The van der Waals surface area contributed by atoms with Crippen LogP contribution in [0.4, 0.5) is 0 Å². The van der Waals surface area contributed by atoms with Crippen molar-refractivity contribution in [1.82, 2.24) is 0 Å². The van der Waals surface area contributed by atoms with E-state index in [4.69, 9.17) is 0 Å². The van der Waals surface area contributed by atoms with Gasteiger partial charge in [0.15, 0.2) is 0 Å². The fourth-order valence-electron chi connectivity index (χ4n) is 3.96. The Balaban J connectivity index is -0.000000112. The Labute approximate surface area is 353 Å². The van der Waals surface area contributed by atoms with E-state index in [-0.39, 0.29) is 60.5 Å². The molecule has 0 spiro atoms. The minimum Gasteiger partial charge on any atom is -0.208 e. The second-order valence-electron chi connectivity index (χ2n) is 14.7. The van der Waals surface area contributed by atoms with Crippen molar-refractivity contribution in [2.75, 3.05) is 0 Å². The molecule has 0 unspecified atom stereocenters. The molecule has 0 atom stereocenters. The molecular formula is C40H68Cl4Si2Zr2. The first-order valence-corrected chi connectivity index (χ1v) is 28.2. The van der Waals surface area contributed by atoms with Crippen LogP contribution in [0, 0.1) is 55.4 Å². The number of aryl methyl sites for hydroxylation is 8. The van der Waals surface area contributed by atoms with E-state index in [2.05, 4.69) is 184 Å². The minimum atomic E-state index is 0. The third kappa shape index (κ3) is 32.7. The molecule has 0 saturated carbocycles. The molecule has 4 aromatic carbocycles. The zero-order chi connectivity index (χ0) is 35.0. The van der Waals surface area contributed by atoms with Crippen LogP contribution in [0.5, 0.6) is 0 Å². The van der Waals surface area contributed by atoms with Crippen LogP contribution in [0.3, 0.4) is 0 Å². The van der Waals surface area contributed by atoms with Gasteiger partial charge in [-0.05, 0) is 0 Å². The molecule has 0 radical (unpaired) electrons. The molecule has 0 aliphatic heterocycles. The number of hydrogen-bond donors (Lipinski definition) is 0. The summed E-state index contributed by atoms with van der Waals surface area (Å²) >= 11 is 3.48. The quantitative estimate of drug-likeness (QED) is 0.122. The number of halogens is 4. The maximum Gasteiger partial charge on any atom is -0.0632 e. The van der Waals surface area contributed by atoms with Crippen molar-refractivity contribution < 1.29 is 46.7 Å². The van der Waals surface area contributed by atoms with Gasteiger partial charge in [0.1, 0.15) is 0 Å². The first-order chi connectivity index (χ1) is 19.9. The van der Waals surface area contributed by atoms with Gasteiger partial charge < -0.3 is 0 Å². The Hall–Kier alpha value is 0.760. The Kier molecular flexibility index (Phi) is 38.3. The van der Waals surface area contributed by atoms with Crippen LogP contribution in [-0.4, -0.2) is 10.9 Å². The van der Waals surface area contributed by atoms with Gasteiger partial charge in [0, 0.05) is 0 Å². The summed E-state index contributed by atoms with van der Waals surface area (Å²) in [5.74, 6) is 0. The van der Waals surface area contributed by atoms with E-state index in [1.807, 2.05) is 0 Å². The summed E-state index contributed by atoms with van der Waals surface area (Å²) in [6.07, 6.45) is 0. The maximum atomic E-state index is 2.31. The zero-order valence-electron chi connectivity index (χ0n) is 33.4. The summed E-state index contributed by atoms with van der Waals surface area (Å²) in [5, 5.41) is 0. The fourth-order valence-corrected chi connectivity index (χ4v) is 3.96. The molecule has 0 nitrogen and oxygen atoms in total. The summed E-state index contributed by atoms with van der Waals surface area (Å²) in [4.78, 5) is 0. The summed E-state index contributed by atoms with van der Waals surface area (Å²) < 4.78 is 0. The summed E-state index contributed by atoms with van der Waals surface area (Å²) in [6.45, 7) is 39.7. The molecular weight excluding hydrogens is 861 g/mol. The first-order valence-electron chi connectivity index (χ1n) is 15.8. The van der Waals surface area contributed by atoms with Gasteiger partial charge in [-0.15, -0.1) is 49.6 Å². The second-order valence-corrected chi connectivity index (χ2v) is 33.4. The van der Waals surface area contributed by atoms with E-state index in [1.54, 1.807) is 46.7 Å². The molecule has 0 bridgehead atoms. The van der Waals surface area contributed by atoms with Crippen molar-refractivity contribution >= 4 is 60.5 Å². The van der Waals surface area contributed by atoms with Crippen molar-refractivity contribution in [3.8, 4) is 0 Å². The smallest absolute Gasteiger partial charge is 0.0632 e. The Bertz CT molecular complexity index is 1240. The summed E-state index contributed by atoms with van der Waals surface area (Å²) in [6, 6.07) is 22.1. The van der Waals surface area contributed by atoms with Gasteiger partial charge in [0.25, 0.3) is 0 Å².